The molecule has 3 aromatic rings. The van der Waals surface area contributed by atoms with E-state index < -0.39 is 5.97 Å². The number of H-pyrrole nitrogens is 1. The second kappa shape index (κ2) is 8.52. The Hall–Kier alpha value is -2.79. The van der Waals surface area contributed by atoms with Gasteiger partial charge in [0.1, 0.15) is 5.75 Å². The molecule has 0 amide bonds. The smallest absolute Gasteiger partial charge is 0.335 e. The van der Waals surface area contributed by atoms with Crippen LogP contribution in [-0.4, -0.2) is 34.6 Å². The van der Waals surface area contributed by atoms with E-state index in [0.29, 0.717) is 11.5 Å². The van der Waals surface area contributed by atoms with Crippen LogP contribution in [0.25, 0.3) is 10.9 Å². The first-order valence-electron chi connectivity index (χ1n) is 10.7. The Morgan fingerprint density at radius 1 is 1.27 bits per heavy atom. The molecule has 2 atom stereocenters. The van der Waals surface area contributed by atoms with E-state index in [-0.39, 0.29) is 6.04 Å². The van der Waals surface area contributed by atoms with Gasteiger partial charge in [-0.1, -0.05) is 25.5 Å². The Morgan fingerprint density at radius 3 is 2.70 bits per heavy atom. The summed E-state index contributed by atoms with van der Waals surface area (Å²) < 4.78 is 5.76. The number of methoxy groups -OCH3 is 1. The first kappa shape index (κ1) is 20.5. The van der Waals surface area contributed by atoms with Crippen molar-refractivity contribution in [1.29, 1.82) is 0 Å². The van der Waals surface area contributed by atoms with E-state index in [9.17, 15) is 9.90 Å². The normalized spacial score (nSPS) is 19.8. The molecule has 5 nitrogen and oxygen atoms in total. The van der Waals surface area contributed by atoms with Crippen LogP contribution in [0.4, 0.5) is 0 Å². The Balaban J connectivity index is 1.70. The maximum Gasteiger partial charge on any atom is 0.335 e. The number of aromatic carboxylic acids is 1. The molecule has 2 heterocycles. The lowest BCUT2D eigenvalue weighted by atomic mass is 9.85. The number of piperidine rings is 1. The van der Waals surface area contributed by atoms with Crippen LogP contribution in [0, 0.1) is 12.8 Å². The molecular formula is C25H30N2O3. The highest BCUT2D eigenvalue weighted by Gasteiger charge is 2.30. The summed E-state index contributed by atoms with van der Waals surface area (Å²) in [7, 11) is 1.74. The summed E-state index contributed by atoms with van der Waals surface area (Å²) in [5.74, 6) is 0.738. The Bertz CT molecular complexity index is 1040. The number of ether oxygens (including phenoxy) is 1. The van der Waals surface area contributed by atoms with Gasteiger partial charge in [-0.25, -0.2) is 4.79 Å². The molecule has 1 aliphatic heterocycles. The first-order valence-corrected chi connectivity index (χ1v) is 10.7. The van der Waals surface area contributed by atoms with E-state index in [1.165, 1.54) is 34.9 Å². The topological polar surface area (TPSA) is 65.6 Å². The number of hydrogen-bond donors (Lipinski definition) is 2. The van der Waals surface area contributed by atoms with Crippen LogP contribution in [0.15, 0.2) is 42.6 Å². The quantitative estimate of drug-likeness (QED) is 0.563. The molecule has 0 aliphatic carbocycles. The second-order valence-corrected chi connectivity index (χ2v) is 8.35. The number of carboxylic acids is 1. The van der Waals surface area contributed by atoms with Crippen molar-refractivity contribution in [2.75, 3.05) is 13.7 Å². The van der Waals surface area contributed by atoms with Crippen LogP contribution >= 0.6 is 0 Å². The fourth-order valence-corrected chi connectivity index (χ4v) is 4.83. The number of fused-ring (bicyclic) bond motifs is 1. The van der Waals surface area contributed by atoms with Gasteiger partial charge in [0.25, 0.3) is 0 Å². The highest BCUT2D eigenvalue weighted by atomic mass is 16.5. The number of aromatic nitrogens is 1. The predicted octanol–water partition coefficient (Wildman–Crippen LogP) is 5.55. The maximum absolute atomic E-state index is 11.3. The van der Waals surface area contributed by atoms with Gasteiger partial charge in [-0.15, -0.1) is 0 Å². The minimum atomic E-state index is -0.882. The van der Waals surface area contributed by atoms with Crippen molar-refractivity contribution >= 4 is 16.9 Å². The number of carbonyl (C=O) groups is 1. The van der Waals surface area contributed by atoms with Crippen molar-refractivity contribution in [3.05, 3.63) is 64.8 Å². The molecule has 0 unspecified atom stereocenters. The van der Waals surface area contributed by atoms with Crippen LogP contribution in [0.1, 0.15) is 59.3 Å². The van der Waals surface area contributed by atoms with E-state index in [4.69, 9.17) is 4.74 Å². The molecule has 0 radical (unpaired) electrons. The summed E-state index contributed by atoms with van der Waals surface area (Å²) in [6.07, 6.45) is 5.44. The maximum atomic E-state index is 11.3. The minimum Gasteiger partial charge on any atom is -0.496 e. The van der Waals surface area contributed by atoms with E-state index in [0.717, 1.165) is 30.8 Å². The zero-order valence-electron chi connectivity index (χ0n) is 17.9. The summed E-state index contributed by atoms with van der Waals surface area (Å²) >= 11 is 0. The Morgan fingerprint density at radius 2 is 2.03 bits per heavy atom. The number of carboxylic acid groups (broad SMARTS) is 1. The summed E-state index contributed by atoms with van der Waals surface area (Å²) in [4.78, 5) is 17.2. The molecule has 1 fully saturated rings. The molecular weight excluding hydrogens is 376 g/mol. The third-order valence-corrected chi connectivity index (χ3v) is 6.63. The lowest BCUT2D eigenvalue weighted by Gasteiger charge is -2.40. The molecule has 0 saturated carbocycles. The van der Waals surface area contributed by atoms with Crippen LogP contribution in [-0.2, 0) is 6.54 Å². The van der Waals surface area contributed by atoms with Crippen molar-refractivity contribution in [1.82, 2.24) is 9.88 Å². The molecule has 1 aromatic heterocycles. The average Bonchev–Trinajstić information content (AvgIpc) is 3.26. The van der Waals surface area contributed by atoms with E-state index in [1.807, 2.05) is 18.3 Å². The number of nitrogens with one attached hydrogen (secondary N) is 1. The van der Waals surface area contributed by atoms with Gasteiger partial charge in [0, 0.05) is 35.2 Å². The van der Waals surface area contributed by atoms with Gasteiger partial charge in [0.2, 0.25) is 0 Å². The number of nitrogens with zero attached hydrogens (tertiary/aromatic N) is 1. The van der Waals surface area contributed by atoms with Crippen molar-refractivity contribution in [3.63, 3.8) is 0 Å². The molecule has 30 heavy (non-hydrogen) atoms. The van der Waals surface area contributed by atoms with Crippen molar-refractivity contribution in [3.8, 4) is 5.75 Å². The number of aryl methyl sites for hydroxylation is 1. The summed E-state index contributed by atoms with van der Waals surface area (Å²) in [5, 5.41) is 10.5. The zero-order valence-corrected chi connectivity index (χ0v) is 17.9. The fourth-order valence-electron chi connectivity index (χ4n) is 4.83. The molecule has 2 N–H and O–H groups in total. The summed E-state index contributed by atoms with van der Waals surface area (Å²) in [5.41, 5.74) is 5.08. The third-order valence-electron chi connectivity index (χ3n) is 6.63. The number of benzene rings is 2. The highest BCUT2D eigenvalue weighted by Crippen LogP contribution is 2.39. The standard InChI is InChI=1S/C25H30N2O3/c1-4-17-10-12-27(22(14-17)18-5-7-19(8-6-18)25(28)29)15-21-20-9-11-26-24(20)16(2)13-23(21)30-3/h5-9,11,13,17,22,26H,4,10,12,14-15H2,1-3H3,(H,28,29)/t17-,22-/m0/s1. The number of aromatic amines is 1. The van der Waals surface area contributed by atoms with Crippen LogP contribution in [0.2, 0.25) is 0 Å². The zero-order chi connectivity index (χ0) is 21.3. The highest BCUT2D eigenvalue weighted by molar-refractivity contribution is 5.88. The van der Waals surface area contributed by atoms with Gasteiger partial charge in [-0.3, -0.25) is 4.90 Å². The predicted molar refractivity (Wildman–Crippen MR) is 119 cm³/mol. The van der Waals surface area contributed by atoms with Gasteiger partial charge in [-0.2, -0.15) is 0 Å². The first-order chi connectivity index (χ1) is 14.5. The van der Waals surface area contributed by atoms with E-state index >= 15 is 0 Å². The summed E-state index contributed by atoms with van der Waals surface area (Å²) in [6.45, 7) is 6.19. The lowest BCUT2D eigenvalue weighted by Crippen LogP contribution is -2.36. The van der Waals surface area contributed by atoms with Crippen LogP contribution in [0.3, 0.4) is 0 Å². The number of rotatable bonds is 6. The molecule has 0 spiro atoms. The monoisotopic (exact) mass is 406 g/mol. The fraction of sp³-hybridized carbons (Fsp3) is 0.400. The van der Waals surface area contributed by atoms with Gasteiger partial charge in [0.05, 0.1) is 12.7 Å². The second-order valence-electron chi connectivity index (χ2n) is 8.35. The Kier molecular flexibility index (Phi) is 5.82. The molecule has 4 rings (SSSR count). The van der Waals surface area contributed by atoms with E-state index in [1.54, 1.807) is 19.2 Å². The minimum absolute atomic E-state index is 0.270. The van der Waals surface area contributed by atoms with Gasteiger partial charge >= 0.3 is 5.97 Å². The third kappa shape index (κ3) is 3.82. The number of hydrogen-bond acceptors (Lipinski definition) is 3. The molecule has 2 aromatic carbocycles. The molecule has 158 valence electrons. The van der Waals surface area contributed by atoms with Crippen LogP contribution in [0.5, 0.6) is 5.75 Å². The van der Waals surface area contributed by atoms with Gasteiger partial charge < -0.3 is 14.8 Å². The molecule has 0 bridgehead atoms. The van der Waals surface area contributed by atoms with E-state index in [2.05, 4.69) is 35.9 Å². The lowest BCUT2D eigenvalue weighted by molar-refractivity contribution is 0.0696. The summed E-state index contributed by atoms with van der Waals surface area (Å²) in [6, 6.07) is 11.9. The van der Waals surface area contributed by atoms with Crippen molar-refractivity contribution < 1.29 is 14.6 Å². The molecule has 1 saturated heterocycles. The van der Waals surface area contributed by atoms with Crippen LogP contribution < -0.4 is 4.74 Å². The van der Waals surface area contributed by atoms with Crippen molar-refractivity contribution in [2.45, 2.75) is 45.7 Å². The molecule has 1 aliphatic rings. The number of likely N-dealkylation sites (tertiary alicyclic amines) is 1. The van der Waals surface area contributed by atoms with Gasteiger partial charge in [-0.05, 0) is 67.6 Å². The Labute approximate surface area is 177 Å². The average molecular weight is 407 g/mol. The van der Waals surface area contributed by atoms with Crippen molar-refractivity contribution in [2.24, 2.45) is 5.92 Å². The SMILES string of the molecule is CC[C@H]1CCN(Cc2c(OC)cc(C)c3[nH]ccc23)[C@H](c2ccc(C(=O)O)cc2)C1. The molecule has 5 heteroatoms. The largest absolute Gasteiger partial charge is 0.496 e. The van der Waals surface area contributed by atoms with Gasteiger partial charge in [0.15, 0.2) is 0 Å².